The van der Waals surface area contributed by atoms with Gasteiger partial charge in [-0.1, -0.05) is 18.2 Å². The van der Waals surface area contributed by atoms with Crippen LogP contribution < -0.4 is 5.32 Å². The van der Waals surface area contributed by atoms with Gasteiger partial charge in [0.15, 0.2) is 0 Å². The van der Waals surface area contributed by atoms with Gasteiger partial charge < -0.3 is 10.2 Å². The fourth-order valence-electron chi connectivity index (χ4n) is 4.35. The van der Waals surface area contributed by atoms with E-state index in [1.807, 2.05) is 38.1 Å². The molecular weight excluding hydrogens is 340 g/mol. The molecule has 0 saturated carbocycles. The van der Waals surface area contributed by atoms with E-state index in [2.05, 4.69) is 20.2 Å². The van der Waals surface area contributed by atoms with E-state index in [-0.39, 0.29) is 29.9 Å². The summed E-state index contributed by atoms with van der Waals surface area (Å²) in [4.78, 5) is 35.9. The highest BCUT2D eigenvalue weighted by atomic mass is 16.2. The molecule has 1 unspecified atom stereocenters. The summed E-state index contributed by atoms with van der Waals surface area (Å²) in [7, 11) is 0. The van der Waals surface area contributed by atoms with Gasteiger partial charge >= 0.3 is 0 Å². The maximum absolute atomic E-state index is 13.1. The first kappa shape index (κ1) is 17.6. The van der Waals surface area contributed by atoms with Crippen LogP contribution in [0, 0.1) is 13.8 Å². The predicted octanol–water partition coefficient (Wildman–Crippen LogP) is 2.66. The lowest BCUT2D eigenvalue weighted by molar-refractivity contribution is 0.0548. The molecule has 2 fully saturated rings. The van der Waals surface area contributed by atoms with E-state index in [9.17, 15) is 9.59 Å². The summed E-state index contributed by atoms with van der Waals surface area (Å²) < 4.78 is 0. The van der Waals surface area contributed by atoms with Crippen molar-refractivity contribution >= 4 is 11.8 Å². The molecular formula is C21H24N4O2. The molecule has 0 radical (unpaired) electrons. The molecule has 6 nitrogen and oxygen atoms in total. The van der Waals surface area contributed by atoms with Gasteiger partial charge in [0.05, 0.1) is 11.9 Å². The standard InChI is InChI=1S/C21H24N4O2/c1-13-5-3-4-6-18(13)21(27)25-16-7-8-17(25)10-15(9-16)24-20(26)19-12-22-14(2)11-23-19/h3-6,11-12,15-17H,7-10H2,1-2H3,(H,24,26)/t15?,16-,17+. The summed E-state index contributed by atoms with van der Waals surface area (Å²) in [5.41, 5.74) is 2.92. The van der Waals surface area contributed by atoms with Crippen molar-refractivity contribution in [3.63, 3.8) is 0 Å². The second kappa shape index (κ2) is 7.10. The summed E-state index contributed by atoms with van der Waals surface area (Å²) >= 11 is 0. The van der Waals surface area contributed by atoms with E-state index in [0.29, 0.717) is 5.69 Å². The Labute approximate surface area is 159 Å². The van der Waals surface area contributed by atoms with Crippen molar-refractivity contribution in [3.05, 3.63) is 59.2 Å². The predicted molar refractivity (Wildman–Crippen MR) is 101 cm³/mol. The third-order valence-electron chi connectivity index (χ3n) is 5.69. The number of carbonyl (C=O) groups excluding carboxylic acids is 2. The van der Waals surface area contributed by atoms with Crippen LogP contribution >= 0.6 is 0 Å². The second-order valence-corrected chi connectivity index (χ2v) is 7.60. The number of rotatable bonds is 3. The van der Waals surface area contributed by atoms with Gasteiger partial charge in [-0.3, -0.25) is 14.6 Å². The third-order valence-corrected chi connectivity index (χ3v) is 5.69. The van der Waals surface area contributed by atoms with E-state index >= 15 is 0 Å². The number of aromatic nitrogens is 2. The fraction of sp³-hybridized carbons (Fsp3) is 0.429. The molecule has 2 aliphatic rings. The largest absolute Gasteiger partial charge is 0.348 e. The van der Waals surface area contributed by atoms with E-state index in [0.717, 1.165) is 42.5 Å². The number of piperidine rings is 1. The Balaban J connectivity index is 1.44. The highest BCUT2D eigenvalue weighted by Crippen LogP contribution is 2.37. The molecule has 6 heteroatoms. The molecule has 3 heterocycles. The number of amides is 2. The number of nitrogens with one attached hydrogen (secondary N) is 1. The first-order chi connectivity index (χ1) is 13.0. The average molecular weight is 364 g/mol. The number of hydrogen-bond donors (Lipinski definition) is 1. The lowest BCUT2D eigenvalue weighted by Crippen LogP contribution is -2.52. The summed E-state index contributed by atoms with van der Waals surface area (Å²) in [5.74, 6) is -0.0691. The molecule has 0 spiro atoms. The Morgan fingerprint density at radius 1 is 1.04 bits per heavy atom. The van der Waals surface area contributed by atoms with Crippen molar-refractivity contribution in [3.8, 4) is 0 Å². The van der Waals surface area contributed by atoms with Gasteiger partial charge in [-0.25, -0.2) is 4.98 Å². The van der Waals surface area contributed by atoms with Gasteiger partial charge in [-0.05, 0) is 51.2 Å². The molecule has 2 bridgehead atoms. The van der Waals surface area contributed by atoms with E-state index in [1.165, 1.54) is 6.20 Å². The lowest BCUT2D eigenvalue weighted by Gasteiger charge is -2.39. The zero-order chi connectivity index (χ0) is 19.0. The highest BCUT2D eigenvalue weighted by molar-refractivity contribution is 5.96. The van der Waals surface area contributed by atoms with Crippen LogP contribution in [0.4, 0.5) is 0 Å². The fourth-order valence-corrected chi connectivity index (χ4v) is 4.35. The number of nitrogens with zero attached hydrogens (tertiary/aromatic N) is 3. The van der Waals surface area contributed by atoms with Gasteiger partial charge in [0.1, 0.15) is 5.69 Å². The van der Waals surface area contributed by atoms with Crippen molar-refractivity contribution in [1.82, 2.24) is 20.2 Å². The van der Waals surface area contributed by atoms with E-state index in [1.54, 1.807) is 6.20 Å². The van der Waals surface area contributed by atoms with Crippen LogP contribution in [-0.4, -0.2) is 44.8 Å². The number of aryl methyl sites for hydroxylation is 2. The second-order valence-electron chi connectivity index (χ2n) is 7.60. The minimum absolute atomic E-state index is 0.0685. The molecule has 1 N–H and O–H groups in total. The topological polar surface area (TPSA) is 75.2 Å². The summed E-state index contributed by atoms with van der Waals surface area (Å²) in [6, 6.07) is 8.19. The Hall–Kier alpha value is -2.76. The smallest absolute Gasteiger partial charge is 0.271 e. The number of hydrogen-bond acceptors (Lipinski definition) is 4. The van der Waals surface area contributed by atoms with Crippen molar-refractivity contribution in [2.24, 2.45) is 0 Å². The van der Waals surface area contributed by atoms with Crippen LogP contribution in [0.2, 0.25) is 0 Å². The lowest BCUT2D eigenvalue weighted by atomic mass is 9.95. The maximum Gasteiger partial charge on any atom is 0.271 e. The van der Waals surface area contributed by atoms with Gasteiger partial charge in [-0.2, -0.15) is 0 Å². The van der Waals surface area contributed by atoms with Crippen LogP contribution in [0.3, 0.4) is 0 Å². The average Bonchev–Trinajstić information content (AvgIpc) is 2.93. The Bertz CT molecular complexity index is 851. The zero-order valence-corrected chi connectivity index (χ0v) is 15.7. The van der Waals surface area contributed by atoms with Gasteiger partial charge in [0, 0.05) is 29.9 Å². The van der Waals surface area contributed by atoms with Gasteiger partial charge in [-0.15, -0.1) is 0 Å². The van der Waals surface area contributed by atoms with Gasteiger partial charge in [0.25, 0.3) is 11.8 Å². The normalized spacial score (nSPS) is 23.9. The SMILES string of the molecule is Cc1cnc(C(=O)NC2C[C@H]3CC[C@@H](C2)N3C(=O)c2ccccc2C)cn1. The number of carbonyl (C=O) groups is 2. The third kappa shape index (κ3) is 3.44. The van der Waals surface area contributed by atoms with Crippen molar-refractivity contribution < 1.29 is 9.59 Å². The minimum atomic E-state index is -0.189. The number of benzene rings is 1. The Morgan fingerprint density at radius 2 is 1.74 bits per heavy atom. The summed E-state index contributed by atoms with van der Waals surface area (Å²) in [6.07, 6.45) is 6.69. The van der Waals surface area contributed by atoms with Crippen LogP contribution in [0.25, 0.3) is 0 Å². The molecule has 140 valence electrons. The first-order valence-corrected chi connectivity index (χ1v) is 9.50. The van der Waals surface area contributed by atoms with E-state index < -0.39 is 0 Å². The Morgan fingerprint density at radius 3 is 2.37 bits per heavy atom. The molecule has 1 aromatic carbocycles. The molecule has 2 saturated heterocycles. The van der Waals surface area contributed by atoms with Crippen LogP contribution in [0.5, 0.6) is 0 Å². The molecule has 4 rings (SSSR count). The molecule has 2 aliphatic heterocycles. The molecule has 27 heavy (non-hydrogen) atoms. The van der Waals surface area contributed by atoms with E-state index in [4.69, 9.17) is 0 Å². The molecule has 1 aromatic heterocycles. The first-order valence-electron chi connectivity index (χ1n) is 9.50. The highest BCUT2D eigenvalue weighted by Gasteiger charge is 2.44. The summed E-state index contributed by atoms with van der Waals surface area (Å²) in [6.45, 7) is 3.82. The molecule has 3 atom stereocenters. The zero-order valence-electron chi connectivity index (χ0n) is 15.7. The monoisotopic (exact) mass is 364 g/mol. The molecule has 2 amide bonds. The van der Waals surface area contributed by atoms with Crippen molar-refractivity contribution in [2.75, 3.05) is 0 Å². The van der Waals surface area contributed by atoms with Crippen LogP contribution in [-0.2, 0) is 0 Å². The van der Waals surface area contributed by atoms with Crippen molar-refractivity contribution in [2.45, 2.75) is 57.7 Å². The Kier molecular flexibility index (Phi) is 4.64. The van der Waals surface area contributed by atoms with Crippen LogP contribution in [0.15, 0.2) is 36.7 Å². The maximum atomic E-state index is 13.1. The minimum Gasteiger partial charge on any atom is -0.348 e. The summed E-state index contributed by atoms with van der Waals surface area (Å²) in [5, 5.41) is 3.09. The quantitative estimate of drug-likeness (QED) is 0.909. The number of fused-ring (bicyclic) bond motifs is 2. The van der Waals surface area contributed by atoms with Gasteiger partial charge in [0.2, 0.25) is 0 Å². The van der Waals surface area contributed by atoms with Crippen LogP contribution in [0.1, 0.15) is 57.8 Å². The molecule has 0 aliphatic carbocycles. The molecule has 2 aromatic rings. The van der Waals surface area contributed by atoms with Crippen molar-refractivity contribution in [1.29, 1.82) is 0 Å².